The first-order chi connectivity index (χ1) is 26.1. The van der Waals surface area contributed by atoms with Gasteiger partial charge in [-0.1, -0.05) is 121 Å². The van der Waals surface area contributed by atoms with Gasteiger partial charge in [0.15, 0.2) is 0 Å². The van der Waals surface area contributed by atoms with Gasteiger partial charge in [-0.3, -0.25) is 0 Å². The number of furan rings is 2. The monoisotopic (exact) mass is 594 g/mol. The fourth-order valence-corrected chi connectivity index (χ4v) is 6.89. The van der Waals surface area contributed by atoms with Crippen molar-refractivity contribution in [2.24, 2.45) is 0 Å². The van der Waals surface area contributed by atoms with E-state index in [-0.39, 0.29) is 51.3 Å². The highest BCUT2D eigenvalue weighted by molar-refractivity contribution is 6.23. The van der Waals surface area contributed by atoms with E-state index in [1.54, 1.807) is 24.3 Å². The molecule has 0 saturated heterocycles. The molecule has 8 aromatic carbocycles. The van der Waals surface area contributed by atoms with Gasteiger partial charge >= 0.3 is 0 Å². The number of para-hydroxylation sites is 2. The average molecular weight is 595 g/mol. The molecule has 0 radical (unpaired) electrons. The Kier molecular flexibility index (Phi) is 3.92. The lowest BCUT2D eigenvalue weighted by molar-refractivity contribution is 0.668. The summed E-state index contributed by atoms with van der Waals surface area (Å²) in [6, 6.07) is 31.2. The van der Waals surface area contributed by atoms with E-state index in [0.29, 0.717) is 33.4 Å². The first-order valence-corrected chi connectivity index (χ1v) is 15.0. The van der Waals surface area contributed by atoms with Crippen molar-refractivity contribution in [3.05, 3.63) is 158 Å². The van der Waals surface area contributed by atoms with Crippen LogP contribution in [0.15, 0.2) is 166 Å². The largest absolute Gasteiger partial charge is 0.456 e. The third-order valence-corrected chi connectivity index (χ3v) is 8.89. The molecule has 0 aliphatic rings. The van der Waals surface area contributed by atoms with E-state index in [1.165, 1.54) is 0 Å². The Hall–Kier alpha value is -6.12. The summed E-state index contributed by atoms with van der Waals surface area (Å²) >= 11 is 0. The average Bonchev–Trinajstić information content (AvgIpc) is 3.77. The quantitative estimate of drug-likeness (QED) is 0.190. The summed E-state index contributed by atoms with van der Waals surface area (Å²) < 4.78 is 85.2. The van der Waals surface area contributed by atoms with E-state index >= 15 is 0 Å². The zero-order chi connectivity index (χ0) is 37.2. The molecule has 0 N–H and O–H groups in total. The second kappa shape index (κ2) is 9.69. The molecule has 0 aliphatic carbocycles. The first kappa shape index (κ1) is 18.6. The van der Waals surface area contributed by atoms with Gasteiger partial charge in [-0.05, 0) is 85.8 Å². The van der Waals surface area contributed by atoms with Crippen LogP contribution in [-0.4, -0.2) is 0 Å². The first-order valence-electron chi connectivity index (χ1n) is 19.0. The van der Waals surface area contributed by atoms with Gasteiger partial charge in [-0.25, -0.2) is 0 Å². The number of hydrogen-bond donors (Lipinski definition) is 0. The van der Waals surface area contributed by atoms with Gasteiger partial charge in [0.05, 0.1) is 11.0 Å². The Morgan fingerprint density at radius 2 is 0.891 bits per heavy atom. The summed E-state index contributed by atoms with van der Waals surface area (Å²) in [7, 11) is 0. The van der Waals surface area contributed by atoms with Crippen molar-refractivity contribution >= 4 is 65.4 Å². The number of rotatable bonds is 3. The molecule has 10 aromatic rings. The lowest BCUT2D eigenvalue weighted by Gasteiger charge is -2.18. The lowest BCUT2D eigenvalue weighted by Crippen LogP contribution is -1.91. The van der Waals surface area contributed by atoms with E-state index in [2.05, 4.69) is 0 Å². The Morgan fingerprint density at radius 1 is 0.370 bits per heavy atom. The minimum atomic E-state index is -0.444. The van der Waals surface area contributed by atoms with Gasteiger partial charge in [-0.15, -0.1) is 0 Å². The zero-order valence-corrected chi connectivity index (χ0v) is 24.2. The fraction of sp³-hybridized carbons (Fsp3) is 0. The van der Waals surface area contributed by atoms with Crippen molar-refractivity contribution in [1.82, 2.24) is 0 Å². The maximum atomic E-state index is 9.39. The molecule has 214 valence electrons. The van der Waals surface area contributed by atoms with Crippen LogP contribution in [0.25, 0.3) is 98.8 Å². The Balaban J connectivity index is 1.44. The summed E-state index contributed by atoms with van der Waals surface area (Å²) in [6.45, 7) is 0. The molecule has 0 unspecified atom stereocenters. The SMILES string of the molecule is [2H]c1c([2H])c([2H])c2c(-c3cc(-c4ccc5oc6ccccc6c5c4)c4oc5ccccc5c4c3)c3c([2H])c([2H])c([2H])c([2H])c3c(-c3ccccc3)c2c1[2H]. The van der Waals surface area contributed by atoms with Gasteiger partial charge in [0.1, 0.15) is 22.3 Å². The lowest BCUT2D eigenvalue weighted by atomic mass is 9.85. The van der Waals surface area contributed by atoms with Crippen LogP contribution in [-0.2, 0) is 0 Å². The minimum absolute atomic E-state index is 0.159. The van der Waals surface area contributed by atoms with Crippen molar-refractivity contribution < 1.29 is 19.8 Å². The highest BCUT2D eigenvalue weighted by Gasteiger charge is 2.21. The van der Waals surface area contributed by atoms with Gasteiger partial charge < -0.3 is 8.83 Å². The Bertz CT molecular complexity index is 3170. The molecular formula is C44H26O2. The molecule has 0 fully saturated rings. The Labute approximate surface area is 276 Å². The molecule has 2 heterocycles. The molecule has 10 rings (SSSR count). The molecule has 46 heavy (non-hydrogen) atoms. The fourth-order valence-electron chi connectivity index (χ4n) is 6.89. The molecule has 0 atom stereocenters. The molecule has 2 nitrogen and oxygen atoms in total. The van der Waals surface area contributed by atoms with Crippen LogP contribution in [0.4, 0.5) is 0 Å². The molecule has 2 heteroatoms. The predicted molar refractivity (Wildman–Crippen MR) is 192 cm³/mol. The van der Waals surface area contributed by atoms with Crippen LogP contribution < -0.4 is 0 Å². The maximum Gasteiger partial charge on any atom is 0.143 e. The summed E-state index contributed by atoms with van der Waals surface area (Å²) in [5, 5.41) is 4.08. The highest BCUT2D eigenvalue weighted by Crippen LogP contribution is 2.47. The predicted octanol–water partition coefficient (Wildman–Crippen LogP) is 12.8. The van der Waals surface area contributed by atoms with E-state index in [0.717, 1.165) is 38.3 Å². The molecule has 0 saturated carbocycles. The van der Waals surface area contributed by atoms with Crippen molar-refractivity contribution in [2.45, 2.75) is 0 Å². The molecule has 0 amide bonds. The smallest absolute Gasteiger partial charge is 0.143 e. The van der Waals surface area contributed by atoms with Crippen molar-refractivity contribution in [1.29, 1.82) is 0 Å². The van der Waals surface area contributed by atoms with Gasteiger partial charge in [0, 0.05) is 27.1 Å². The van der Waals surface area contributed by atoms with E-state index in [1.807, 2.05) is 84.9 Å². The minimum Gasteiger partial charge on any atom is -0.456 e. The number of hydrogen-bond acceptors (Lipinski definition) is 2. The molecule has 2 aromatic heterocycles. The Morgan fingerprint density at radius 3 is 1.57 bits per heavy atom. The molecular weight excluding hydrogens is 560 g/mol. The zero-order valence-electron chi connectivity index (χ0n) is 32.2. The summed E-state index contributed by atoms with van der Waals surface area (Å²) in [5.74, 6) is 0. The second-order valence-corrected chi connectivity index (χ2v) is 11.4. The number of benzene rings is 8. The second-order valence-electron chi connectivity index (χ2n) is 11.4. The topological polar surface area (TPSA) is 26.3 Å². The van der Waals surface area contributed by atoms with Crippen LogP contribution in [0.1, 0.15) is 11.0 Å². The van der Waals surface area contributed by atoms with Crippen molar-refractivity contribution in [2.75, 3.05) is 0 Å². The van der Waals surface area contributed by atoms with Crippen LogP contribution in [0.2, 0.25) is 0 Å². The number of fused-ring (bicyclic) bond motifs is 8. The maximum absolute atomic E-state index is 9.39. The third kappa shape index (κ3) is 3.65. The van der Waals surface area contributed by atoms with Crippen LogP contribution in [0, 0.1) is 0 Å². The van der Waals surface area contributed by atoms with Gasteiger partial charge in [0.2, 0.25) is 0 Å². The van der Waals surface area contributed by atoms with Gasteiger partial charge in [0.25, 0.3) is 0 Å². The molecule has 0 aliphatic heterocycles. The van der Waals surface area contributed by atoms with Gasteiger partial charge in [-0.2, -0.15) is 0 Å². The normalized spacial score (nSPS) is 14.3. The van der Waals surface area contributed by atoms with Crippen molar-refractivity contribution in [3.8, 4) is 33.4 Å². The van der Waals surface area contributed by atoms with Crippen LogP contribution >= 0.6 is 0 Å². The van der Waals surface area contributed by atoms with Crippen LogP contribution in [0.5, 0.6) is 0 Å². The van der Waals surface area contributed by atoms with Crippen molar-refractivity contribution in [3.63, 3.8) is 0 Å². The van der Waals surface area contributed by atoms with E-state index < -0.39 is 24.2 Å². The molecule has 0 spiro atoms. The van der Waals surface area contributed by atoms with E-state index in [9.17, 15) is 5.48 Å². The van der Waals surface area contributed by atoms with Crippen LogP contribution in [0.3, 0.4) is 0 Å². The summed E-state index contributed by atoms with van der Waals surface area (Å²) in [5.41, 5.74) is 5.89. The molecule has 0 bridgehead atoms. The standard InChI is InChI=1S/C44H26O2/c1-2-12-27(13-3-1)42-32-16-4-6-18-34(32)43(35-19-7-5-17-33(35)42)29-25-36(44-38(26-29)31-15-9-11-21-40(31)46-44)28-22-23-41-37(24-28)30-14-8-10-20-39(30)45-41/h1-26H/i4D,5D,6D,7D,16D,17D,18D,19D. The highest BCUT2D eigenvalue weighted by atomic mass is 16.3. The summed E-state index contributed by atoms with van der Waals surface area (Å²) in [4.78, 5) is 0. The van der Waals surface area contributed by atoms with E-state index in [4.69, 9.17) is 14.3 Å². The third-order valence-electron chi connectivity index (χ3n) is 8.89. The summed E-state index contributed by atoms with van der Waals surface area (Å²) in [6.07, 6.45) is 0.